The van der Waals surface area contributed by atoms with Crippen LogP contribution in [0.15, 0.2) is 0 Å². The summed E-state index contributed by atoms with van der Waals surface area (Å²) in [4.78, 5) is 21.3. The van der Waals surface area contributed by atoms with Crippen molar-refractivity contribution < 1.29 is 10.2 Å². The second kappa shape index (κ2) is 7.26. The lowest BCUT2D eigenvalue weighted by Crippen LogP contribution is -2.40. The minimum absolute atomic E-state index is 0.0947. The van der Waals surface area contributed by atoms with Gasteiger partial charge in [-0.2, -0.15) is 9.97 Å². The molecule has 2 N–H and O–H groups in total. The van der Waals surface area contributed by atoms with Gasteiger partial charge in [0.1, 0.15) is 11.0 Å². The van der Waals surface area contributed by atoms with Gasteiger partial charge < -0.3 is 20.0 Å². The smallest absolute Gasteiger partial charge is 0.225 e. The van der Waals surface area contributed by atoms with E-state index in [1.54, 1.807) is 0 Å². The van der Waals surface area contributed by atoms with Crippen LogP contribution in [0.5, 0.6) is 0 Å². The summed E-state index contributed by atoms with van der Waals surface area (Å²) in [7, 11) is 0. The van der Waals surface area contributed by atoms with Crippen LogP contribution in [0.2, 0.25) is 10.6 Å². The molecule has 2 aliphatic heterocycles. The van der Waals surface area contributed by atoms with E-state index in [-0.39, 0.29) is 10.6 Å². The summed E-state index contributed by atoms with van der Waals surface area (Å²) in [6, 6.07) is 0. The third-order valence-corrected chi connectivity index (χ3v) is 5.18. The zero-order chi connectivity index (χ0) is 18.3. The molecule has 140 valence electrons. The molecule has 4 rings (SSSR count). The highest BCUT2D eigenvalue weighted by molar-refractivity contribution is 6.30. The Hall–Kier alpha value is -1.48. The molecule has 0 radical (unpaired) electrons. The summed E-state index contributed by atoms with van der Waals surface area (Å²) in [5.74, 6) is 1.11. The normalized spacial score (nSPS) is 24.3. The molecule has 26 heavy (non-hydrogen) atoms. The fourth-order valence-corrected chi connectivity index (χ4v) is 4.00. The molecular weight excluding hydrogens is 379 g/mol. The van der Waals surface area contributed by atoms with Crippen LogP contribution in [-0.2, 0) is 0 Å². The van der Waals surface area contributed by atoms with Crippen LogP contribution in [-0.4, -0.2) is 68.5 Å². The molecule has 4 heterocycles. The lowest BCUT2D eigenvalue weighted by Gasteiger charge is -2.33. The van der Waals surface area contributed by atoms with Crippen LogP contribution in [0.3, 0.4) is 0 Å². The van der Waals surface area contributed by atoms with Gasteiger partial charge in [-0.15, -0.1) is 0 Å². The molecule has 0 amide bonds. The van der Waals surface area contributed by atoms with Crippen molar-refractivity contribution >= 4 is 45.9 Å². The quantitative estimate of drug-likeness (QED) is 0.736. The Morgan fingerprint density at radius 3 is 1.54 bits per heavy atom. The van der Waals surface area contributed by atoms with Crippen LogP contribution < -0.4 is 9.80 Å². The molecule has 2 aliphatic rings. The number of fused-ring (bicyclic) bond motifs is 1. The molecular formula is C16H20Cl2N6O2. The lowest BCUT2D eigenvalue weighted by atomic mass is 10.1. The summed E-state index contributed by atoms with van der Waals surface area (Å²) in [5, 5.41) is 20.2. The minimum Gasteiger partial charge on any atom is -0.391 e. The topological polar surface area (TPSA) is 98.5 Å². The first-order chi connectivity index (χ1) is 12.5. The van der Waals surface area contributed by atoms with E-state index in [1.165, 1.54) is 0 Å². The summed E-state index contributed by atoms with van der Waals surface area (Å²) in [6.07, 6.45) is 2.41. The van der Waals surface area contributed by atoms with Gasteiger partial charge in [0.2, 0.25) is 10.6 Å². The van der Waals surface area contributed by atoms with E-state index >= 15 is 0 Å². The summed E-state index contributed by atoms with van der Waals surface area (Å²) in [5.41, 5.74) is 1.03. The van der Waals surface area contributed by atoms with Gasteiger partial charge in [-0.25, -0.2) is 9.97 Å². The first kappa shape index (κ1) is 17.9. The number of rotatable bonds is 2. The van der Waals surface area contributed by atoms with E-state index in [9.17, 15) is 10.2 Å². The number of nitrogens with zero attached hydrogens (tertiary/aromatic N) is 6. The molecule has 0 saturated carbocycles. The standard InChI is InChI=1S/C16H20Cl2N6O2/c17-15-20-12-11(13(21-15)23-5-1-3-9(25)7-23)19-16(18)22-14(12)24-6-2-4-10(26)8-24/h9-10,25-26H,1-8H2. The van der Waals surface area contributed by atoms with Crippen LogP contribution in [0, 0.1) is 0 Å². The molecule has 2 unspecified atom stereocenters. The number of anilines is 2. The van der Waals surface area contributed by atoms with Gasteiger partial charge in [-0.1, -0.05) is 0 Å². The van der Waals surface area contributed by atoms with Crippen molar-refractivity contribution in [2.45, 2.75) is 37.9 Å². The Morgan fingerprint density at radius 1 is 0.731 bits per heavy atom. The lowest BCUT2D eigenvalue weighted by molar-refractivity contribution is 0.153. The summed E-state index contributed by atoms with van der Waals surface area (Å²) >= 11 is 12.4. The largest absolute Gasteiger partial charge is 0.391 e. The van der Waals surface area contributed by atoms with Crippen molar-refractivity contribution in [2.75, 3.05) is 36.0 Å². The predicted molar refractivity (Wildman–Crippen MR) is 100 cm³/mol. The van der Waals surface area contributed by atoms with E-state index in [2.05, 4.69) is 19.9 Å². The molecule has 2 atom stereocenters. The Kier molecular flexibility index (Phi) is 5.00. The van der Waals surface area contributed by atoms with Crippen molar-refractivity contribution in [3.05, 3.63) is 10.6 Å². The van der Waals surface area contributed by atoms with Crippen LogP contribution in [0.1, 0.15) is 25.7 Å². The highest BCUT2D eigenvalue weighted by Crippen LogP contribution is 2.33. The van der Waals surface area contributed by atoms with Gasteiger partial charge in [-0.05, 0) is 48.9 Å². The Labute approximate surface area is 160 Å². The van der Waals surface area contributed by atoms with E-state index in [0.29, 0.717) is 35.8 Å². The van der Waals surface area contributed by atoms with Gasteiger partial charge in [0.15, 0.2) is 11.6 Å². The first-order valence-corrected chi connectivity index (χ1v) is 9.53. The Bertz CT molecular complexity index is 756. The Balaban J connectivity index is 1.84. The third-order valence-electron chi connectivity index (χ3n) is 4.84. The molecule has 0 aromatic carbocycles. The summed E-state index contributed by atoms with van der Waals surface area (Å²) < 4.78 is 0. The minimum atomic E-state index is -0.415. The maximum absolute atomic E-state index is 10.0. The number of piperidine rings is 2. The maximum Gasteiger partial charge on any atom is 0.225 e. The van der Waals surface area contributed by atoms with Crippen molar-refractivity contribution in [3.63, 3.8) is 0 Å². The average molecular weight is 399 g/mol. The predicted octanol–water partition coefficient (Wildman–Crippen LogP) is 1.65. The van der Waals surface area contributed by atoms with Gasteiger partial charge in [0, 0.05) is 26.2 Å². The fourth-order valence-electron chi connectivity index (χ4n) is 3.67. The SMILES string of the molecule is OC1CCCN(c2nc(Cl)nc3c(N4CCCC(O)C4)nc(Cl)nc23)C1. The van der Waals surface area contributed by atoms with Crippen molar-refractivity contribution in [2.24, 2.45) is 0 Å². The van der Waals surface area contributed by atoms with E-state index < -0.39 is 12.2 Å². The van der Waals surface area contributed by atoms with Gasteiger partial charge in [0.05, 0.1) is 12.2 Å². The van der Waals surface area contributed by atoms with E-state index in [1.807, 2.05) is 9.80 Å². The molecule has 10 heteroatoms. The van der Waals surface area contributed by atoms with Crippen LogP contribution in [0.25, 0.3) is 11.0 Å². The number of aliphatic hydroxyl groups is 2. The molecule has 8 nitrogen and oxygen atoms in total. The second-order valence-electron chi connectivity index (χ2n) is 6.81. The van der Waals surface area contributed by atoms with Crippen LogP contribution in [0.4, 0.5) is 11.6 Å². The molecule has 2 aromatic heterocycles. The monoisotopic (exact) mass is 398 g/mol. The molecule has 0 bridgehead atoms. The third kappa shape index (κ3) is 3.51. The summed E-state index contributed by atoms with van der Waals surface area (Å²) in [6.45, 7) is 2.42. The van der Waals surface area contributed by atoms with Gasteiger partial charge in [0.25, 0.3) is 0 Å². The highest BCUT2D eigenvalue weighted by Gasteiger charge is 2.27. The van der Waals surface area contributed by atoms with Crippen LogP contribution >= 0.6 is 23.2 Å². The van der Waals surface area contributed by atoms with Gasteiger partial charge >= 0.3 is 0 Å². The second-order valence-corrected chi connectivity index (χ2v) is 7.49. The number of hydrogen-bond acceptors (Lipinski definition) is 8. The number of hydrogen-bond donors (Lipinski definition) is 2. The van der Waals surface area contributed by atoms with Crippen molar-refractivity contribution in [1.82, 2.24) is 19.9 Å². The van der Waals surface area contributed by atoms with Crippen molar-refractivity contribution in [1.29, 1.82) is 0 Å². The average Bonchev–Trinajstić information content (AvgIpc) is 2.61. The zero-order valence-corrected chi connectivity index (χ0v) is 15.7. The molecule has 2 aromatic rings. The molecule has 0 spiro atoms. The highest BCUT2D eigenvalue weighted by atomic mass is 35.5. The number of β-amino-alcohol motifs (C(OH)–C–C–N with tert-alkyl or cyclic N) is 2. The van der Waals surface area contributed by atoms with Gasteiger partial charge in [-0.3, -0.25) is 0 Å². The number of halogens is 2. The Morgan fingerprint density at radius 2 is 1.15 bits per heavy atom. The first-order valence-electron chi connectivity index (χ1n) is 8.78. The molecule has 0 aliphatic carbocycles. The maximum atomic E-state index is 10.0. The van der Waals surface area contributed by atoms with Crippen molar-refractivity contribution in [3.8, 4) is 0 Å². The molecule has 2 fully saturated rings. The van der Waals surface area contributed by atoms with E-state index in [0.717, 1.165) is 38.8 Å². The van der Waals surface area contributed by atoms with E-state index in [4.69, 9.17) is 23.2 Å². The number of aromatic nitrogens is 4. The fraction of sp³-hybridized carbons (Fsp3) is 0.625. The number of aliphatic hydroxyl groups excluding tert-OH is 2. The molecule has 2 saturated heterocycles. The zero-order valence-electron chi connectivity index (χ0n) is 14.1.